The number of carbonyl (C=O) groups excluding carboxylic acids is 1. The molecule has 25 heavy (non-hydrogen) atoms. The smallest absolute Gasteiger partial charge is 0.251 e. The van der Waals surface area contributed by atoms with E-state index in [1.165, 1.54) is 12.4 Å². The van der Waals surface area contributed by atoms with Gasteiger partial charge in [-0.1, -0.05) is 23.7 Å². The Kier molecular flexibility index (Phi) is 5.46. The molecule has 0 spiro atoms. The van der Waals surface area contributed by atoms with E-state index in [1.54, 1.807) is 4.90 Å². The summed E-state index contributed by atoms with van der Waals surface area (Å²) in [4.78, 5) is 22.1. The summed E-state index contributed by atoms with van der Waals surface area (Å²) in [5.41, 5.74) is 1.21. The SMILES string of the molecule is N#Cc1nccnc1O[C@H]1CCN(C(=O)CCc2cccc(Cl)c2)C1. The summed E-state index contributed by atoms with van der Waals surface area (Å²) in [6, 6.07) is 9.50. The zero-order valence-electron chi connectivity index (χ0n) is 13.6. The molecule has 0 radical (unpaired) electrons. The highest BCUT2D eigenvalue weighted by atomic mass is 35.5. The van der Waals surface area contributed by atoms with Gasteiger partial charge in [-0.3, -0.25) is 4.79 Å². The maximum Gasteiger partial charge on any atom is 0.251 e. The van der Waals surface area contributed by atoms with E-state index in [2.05, 4.69) is 9.97 Å². The van der Waals surface area contributed by atoms with Crippen molar-refractivity contribution in [1.29, 1.82) is 5.26 Å². The molecule has 1 aliphatic heterocycles. The van der Waals surface area contributed by atoms with Crippen LogP contribution in [0.25, 0.3) is 0 Å². The summed E-state index contributed by atoms with van der Waals surface area (Å²) in [7, 11) is 0. The van der Waals surface area contributed by atoms with Gasteiger partial charge in [0.1, 0.15) is 12.2 Å². The third-order valence-electron chi connectivity index (χ3n) is 4.06. The van der Waals surface area contributed by atoms with Crippen molar-refractivity contribution in [3.8, 4) is 11.9 Å². The van der Waals surface area contributed by atoms with E-state index in [1.807, 2.05) is 30.3 Å². The fraction of sp³-hybridized carbons (Fsp3) is 0.333. The summed E-state index contributed by atoms with van der Waals surface area (Å²) in [6.07, 6.45) is 4.57. The average Bonchev–Trinajstić information content (AvgIpc) is 3.09. The third kappa shape index (κ3) is 4.46. The van der Waals surface area contributed by atoms with Crippen molar-refractivity contribution in [3.05, 3.63) is 52.9 Å². The molecule has 1 aromatic carbocycles. The number of likely N-dealkylation sites (tertiary alicyclic amines) is 1. The van der Waals surface area contributed by atoms with Gasteiger partial charge in [-0.15, -0.1) is 0 Å². The van der Waals surface area contributed by atoms with Crippen molar-refractivity contribution in [2.75, 3.05) is 13.1 Å². The highest BCUT2D eigenvalue weighted by Gasteiger charge is 2.28. The molecular formula is C18H17ClN4O2. The van der Waals surface area contributed by atoms with Gasteiger partial charge in [-0.05, 0) is 24.1 Å². The Morgan fingerprint density at radius 3 is 3.04 bits per heavy atom. The first kappa shape index (κ1) is 17.2. The van der Waals surface area contributed by atoms with Crippen LogP contribution in [0.15, 0.2) is 36.7 Å². The van der Waals surface area contributed by atoms with Crippen LogP contribution in [0, 0.1) is 11.3 Å². The number of halogens is 1. The number of ether oxygens (including phenoxy) is 1. The largest absolute Gasteiger partial charge is 0.470 e. The van der Waals surface area contributed by atoms with Crippen LogP contribution < -0.4 is 4.74 Å². The fourth-order valence-corrected chi connectivity index (χ4v) is 3.01. The van der Waals surface area contributed by atoms with Crippen LogP contribution in [-0.2, 0) is 11.2 Å². The third-order valence-corrected chi connectivity index (χ3v) is 4.30. The van der Waals surface area contributed by atoms with E-state index < -0.39 is 0 Å². The molecular weight excluding hydrogens is 340 g/mol. The molecule has 0 N–H and O–H groups in total. The molecule has 0 saturated carbocycles. The lowest BCUT2D eigenvalue weighted by molar-refractivity contribution is -0.130. The number of carbonyl (C=O) groups is 1. The maximum atomic E-state index is 12.4. The number of aryl methyl sites for hydroxylation is 1. The molecule has 2 heterocycles. The monoisotopic (exact) mass is 356 g/mol. The van der Waals surface area contributed by atoms with Crippen molar-refractivity contribution < 1.29 is 9.53 Å². The molecule has 3 rings (SSSR count). The minimum absolute atomic E-state index is 0.0886. The van der Waals surface area contributed by atoms with Crippen molar-refractivity contribution >= 4 is 17.5 Å². The van der Waals surface area contributed by atoms with Crippen LogP contribution in [0.4, 0.5) is 0 Å². The first-order valence-corrected chi connectivity index (χ1v) is 8.43. The van der Waals surface area contributed by atoms with Gasteiger partial charge in [0.05, 0.1) is 6.54 Å². The number of aromatic nitrogens is 2. The Morgan fingerprint density at radius 2 is 2.24 bits per heavy atom. The molecule has 0 bridgehead atoms. The number of benzene rings is 1. The van der Waals surface area contributed by atoms with E-state index in [9.17, 15) is 4.79 Å². The van der Waals surface area contributed by atoms with Crippen LogP contribution >= 0.6 is 11.6 Å². The highest BCUT2D eigenvalue weighted by molar-refractivity contribution is 6.30. The molecule has 7 heteroatoms. The van der Waals surface area contributed by atoms with E-state index in [-0.39, 0.29) is 23.6 Å². The van der Waals surface area contributed by atoms with E-state index in [0.717, 1.165) is 5.56 Å². The van der Waals surface area contributed by atoms with Gasteiger partial charge in [-0.2, -0.15) is 5.26 Å². The molecule has 2 aromatic rings. The number of rotatable bonds is 5. The van der Waals surface area contributed by atoms with Crippen LogP contribution in [0.3, 0.4) is 0 Å². The summed E-state index contributed by atoms with van der Waals surface area (Å²) in [5.74, 6) is 0.314. The normalized spacial score (nSPS) is 16.5. The second-order valence-electron chi connectivity index (χ2n) is 5.82. The molecule has 0 unspecified atom stereocenters. The molecule has 6 nitrogen and oxygen atoms in total. The van der Waals surface area contributed by atoms with E-state index >= 15 is 0 Å². The summed E-state index contributed by atoms with van der Waals surface area (Å²) >= 11 is 5.96. The Hall–Kier alpha value is -2.65. The molecule has 1 fully saturated rings. The topological polar surface area (TPSA) is 79.1 Å². The number of amides is 1. The van der Waals surface area contributed by atoms with Crippen molar-refractivity contribution in [2.45, 2.75) is 25.4 Å². The Morgan fingerprint density at radius 1 is 1.40 bits per heavy atom. The second-order valence-corrected chi connectivity index (χ2v) is 6.26. The van der Waals surface area contributed by atoms with Gasteiger partial charge in [0.2, 0.25) is 11.6 Å². The first-order chi connectivity index (χ1) is 12.2. The fourth-order valence-electron chi connectivity index (χ4n) is 2.80. The number of hydrogen-bond donors (Lipinski definition) is 0. The zero-order chi connectivity index (χ0) is 17.6. The molecule has 1 amide bonds. The Bertz CT molecular complexity index is 806. The van der Waals surface area contributed by atoms with E-state index in [4.69, 9.17) is 21.6 Å². The van der Waals surface area contributed by atoms with Gasteiger partial charge in [0, 0.05) is 36.8 Å². The summed E-state index contributed by atoms with van der Waals surface area (Å²) in [5, 5.41) is 9.70. The number of nitriles is 1. The van der Waals surface area contributed by atoms with Crippen LogP contribution in [0.1, 0.15) is 24.1 Å². The predicted molar refractivity (Wildman–Crippen MR) is 92.1 cm³/mol. The van der Waals surface area contributed by atoms with Crippen LogP contribution in [0.5, 0.6) is 5.88 Å². The van der Waals surface area contributed by atoms with Crippen molar-refractivity contribution in [2.24, 2.45) is 0 Å². The maximum absolute atomic E-state index is 12.4. The van der Waals surface area contributed by atoms with Crippen molar-refractivity contribution in [1.82, 2.24) is 14.9 Å². The van der Waals surface area contributed by atoms with Gasteiger partial charge in [0.25, 0.3) is 5.88 Å². The molecule has 1 atom stereocenters. The minimum Gasteiger partial charge on any atom is -0.470 e. The lowest BCUT2D eigenvalue weighted by Crippen LogP contribution is -2.31. The van der Waals surface area contributed by atoms with Crippen molar-refractivity contribution in [3.63, 3.8) is 0 Å². The average molecular weight is 357 g/mol. The summed E-state index contributed by atoms with van der Waals surface area (Å²) in [6.45, 7) is 1.14. The second kappa shape index (κ2) is 7.95. The van der Waals surface area contributed by atoms with Gasteiger partial charge in [0.15, 0.2) is 0 Å². The Labute approximate surface area is 151 Å². The minimum atomic E-state index is -0.168. The summed E-state index contributed by atoms with van der Waals surface area (Å²) < 4.78 is 5.75. The zero-order valence-corrected chi connectivity index (χ0v) is 14.3. The number of hydrogen-bond acceptors (Lipinski definition) is 5. The lowest BCUT2D eigenvalue weighted by Gasteiger charge is -2.17. The molecule has 128 valence electrons. The lowest BCUT2D eigenvalue weighted by atomic mass is 10.1. The number of nitrogens with zero attached hydrogens (tertiary/aromatic N) is 4. The van der Waals surface area contributed by atoms with Gasteiger partial charge >= 0.3 is 0 Å². The van der Waals surface area contributed by atoms with E-state index in [0.29, 0.717) is 37.4 Å². The Balaban J connectivity index is 1.52. The standard InChI is InChI=1S/C18H17ClN4O2/c19-14-3-1-2-13(10-14)4-5-17(24)23-9-6-15(12-23)25-18-16(11-20)21-7-8-22-18/h1-3,7-8,10,15H,4-6,9,12H2/t15-/m0/s1. The molecule has 1 aromatic heterocycles. The predicted octanol–water partition coefficient (Wildman–Crippen LogP) is 2.61. The van der Waals surface area contributed by atoms with Gasteiger partial charge < -0.3 is 9.64 Å². The highest BCUT2D eigenvalue weighted by Crippen LogP contribution is 2.19. The molecule has 1 aliphatic rings. The molecule has 0 aliphatic carbocycles. The molecule has 1 saturated heterocycles. The van der Waals surface area contributed by atoms with Crippen LogP contribution in [-0.4, -0.2) is 40.0 Å². The first-order valence-electron chi connectivity index (χ1n) is 8.05. The van der Waals surface area contributed by atoms with Gasteiger partial charge in [-0.25, -0.2) is 9.97 Å². The quantitative estimate of drug-likeness (QED) is 0.822. The van der Waals surface area contributed by atoms with Crippen LogP contribution in [0.2, 0.25) is 5.02 Å².